The van der Waals surface area contributed by atoms with E-state index in [-0.39, 0.29) is 18.0 Å². The van der Waals surface area contributed by atoms with E-state index in [0.29, 0.717) is 10.2 Å². The summed E-state index contributed by atoms with van der Waals surface area (Å²) in [7, 11) is 0. The first kappa shape index (κ1) is 15.2. The average molecular weight is 357 g/mol. The van der Waals surface area contributed by atoms with Crippen LogP contribution in [0.3, 0.4) is 0 Å². The van der Waals surface area contributed by atoms with Gasteiger partial charge in [-0.3, -0.25) is 4.79 Å². The summed E-state index contributed by atoms with van der Waals surface area (Å²) in [6, 6.07) is 8.02. The molecule has 0 saturated carbocycles. The number of halogens is 3. The van der Waals surface area contributed by atoms with Gasteiger partial charge in [-0.15, -0.1) is 0 Å². The number of nitrogen functional groups attached to an aromatic ring is 1. The normalized spacial score (nSPS) is 10.2. The molecule has 0 heterocycles. The zero-order chi connectivity index (χ0) is 15.4. The Balaban J connectivity index is 1.94. The number of carbonyl (C=O) groups is 1. The third-order valence-corrected chi connectivity index (χ3v) is 3.03. The number of hydrogen-bond acceptors (Lipinski definition) is 3. The highest BCUT2D eigenvalue weighted by molar-refractivity contribution is 9.10. The standard InChI is InChI=1S/C14H11BrF2N2O2/c15-8-1-4-13(11(17)5-8)21-7-14(20)19-9-2-3-10(16)12(18)6-9/h1-6H,7,18H2,(H,19,20). The lowest BCUT2D eigenvalue weighted by Crippen LogP contribution is -2.20. The molecule has 3 N–H and O–H groups in total. The average Bonchev–Trinajstić information content (AvgIpc) is 2.42. The van der Waals surface area contributed by atoms with Crippen molar-refractivity contribution < 1.29 is 18.3 Å². The molecule has 0 atom stereocenters. The van der Waals surface area contributed by atoms with Crippen molar-refractivity contribution in [3.8, 4) is 5.75 Å². The van der Waals surface area contributed by atoms with Gasteiger partial charge in [0.05, 0.1) is 5.69 Å². The molecule has 0 radical (unpaired) electrons. The van der Waals surface area contributed by atoms with Crippen molar-refractivity contribution >= 4 is 33.2 Å². The van der Waals surface area contributed by atoms with E-state index in [2.05, 4.69) is 21.2 Å². The zero-order valence-corrected chi connectivity index (χ0v) is 12.3. The molecule has 2 rings (SSSR count). The molecule has 1 amide bonds. The lowest BCUT2D eigenvalue weighted by molar-refractivity contribution is -0.118. The third-order valence-electron chi connectivity index (χ3n) is 2.53. The first-order valence-corrected chi connectivity index (χ1v) is 6.68. The molecule has 0 fully saturated rings. The Morgan fingerprint density at radius 1 is 1.19 bits per heavy atom. The van der Waals surface area contributed by atoms with Gasteiger partial charge < -0.3 is 15.8 Å². The first-order chi connectivity index (χ1) is 9.95. The second-order valence-electron chi connectivity index (χ2n) is 4.15. The van der Waals surface area contributed by atoms with E-state index in [9.17, 15) is 13.6 Å². The number of benzene rings is 2. The molecule has 0 aromatic heterocycles. The number of amides is 1. The summed E-state index contributed by atoms with van der Waals surface area (Å²) in [4.78, 5) is 11.7. The summed E-state index contributed by atoms with van der Waals surface area (Å²) in [5, 5.41) is 2.47. The lowest BCUT2D eigenvalue weighted by Gasteiger charge is -2.09. The number of hydrogen-bond donors (Lipinski definition) is 2. The van der Waals surface area contributed by atoms with Crippen LogP contribution in [0.1, 0.15) is 0 Å². The number of anilines is 2. The number of nitrogens with one attached hydrogen (secondary N) is 1. The molecule has 0 spiro atoms. The maximum Gasteiger partial charge on any atom is 0.262 e. The SMILES string of the molecule is Nc1cc(NC(=O)COc2ccc(Br)cc2F)ccc1F. The molecule has 2 aromatic rings. The van der Waals surface area contributed by atoms with E-state index in [1.807, 2.05) is 0 Å². The van der Waals surface area contributed by atoms with Crippen molar-refractivity contribution in [2.24, 2.45) is 0 Å². The van der Waals surface area contributed by atoms with Crippen LogP contribution in [0.5, 0.6) is 5.75 Å². The van der Waals surface area contributed by atoms with Crippen molar-refractivity contribution in [1.82, 2.24) is 0 Å². The van der Waals surface area contributed by atoms with Crippen LogP contribution >= 0.6 is 15.9 Å². The summed E-state index contributed by atoms with van der Waals surface area (Å²) in [6.45, 7) is -0.379. The minimum Gasteiger partial charge on any atom is -0.481 e. The van der Waals surface area contributed by atoms with Crippen molar-refractivity contribution in [2.45, 2.75) is 0 Å². The van der Waals surface area contributed by atoms with Gasteiger partial charge in [0.1, 0.15) is 5.82 Å². The van der Waals surface area contributed by atoms with Crippen LogP contribution in [-0.4, -0.2) is 12.5 Å². The van der Waals surface area contributed by atoms with E-state index >= 15 is 0 Å². The van der Waals surface area contributed by atoms with E-state index in [4.69, 9.17) is 10.5 Å². The van der Waals surface area contributed by atoms with Crippen LogP contribution in [-0.2, 0) is 4.79 Å². The fourth-order valence-corrected chi connectivity index (χ4v) is 1.89. The van der Waals surface area contributed by atoms with Gasteiger partial charge in [0, 0.05) is 10.2 Å². The van der Waals surface area contributed by atoms with Crippen molar-refractivity contribution in [2.75, 3.05) is 17.7 Å². The minimum absolute atomic E-state index is 0.0352. The molecular weight excluding hydrogens is 346 g/mol. The fourth-order valence-electron chi connectivity index (χ4n) is 1.55. The van der Waals surface area contributed by atoms with E-state index in [0.717, 1.165) is 6.07 Å². The van der Waals surface area contributed by atoms with Gasteiger partial charge >= 0.3 is 0 Å². The smallest absolute Gasteiger partial charge is 0.262 e. The van der Waals surface area contributed by atoms with Crippen molar-refractivity contribution in [3.63, 3.8) is 0 Å². The predicted octanol–water partition coefficient (Wildman–Crippen LogP) is 3.33. The zero-order valence-electron chi connectivity index (χ0n) is 10.7. The molecule has 7 heteroatoms. The van der Waals surface area contributed by atoms with Gasteiger partial charge in [0.15, 0.2) is 18.2 Å². The molecule has 0 saturated heterocycles. The van der Waals surface area contributed by atoms with Crippen LogP contribution in [0.4, 0.5) is 20.2 Å². The molecular formula is C14H11BrF2N2O2. The number of rotatable bonds is 4. The first-order valence-electron chi connectivity index (χ1n) is 5.88. The summed E-state index contributed by atoms with van der Waals surface area (Å²) >= 11 is 3.12. The topological polar surface area (TPSA) is 64.3 Å². The maximum atomic E-state index is 13.5. The highest BCUT2D eigenvalue weighted by Gasteiger charge is 2.08. The van der Waals surface area contributed by atoms with Gasteiger partial charge in [-0.05, 0) is 36.4 Å². The van der Waals surface area contributed by atoms with Crippen LogP contribution < -0.4 is 15.8 Å². The largest absolute Gasteiger partial charge is 0.481 e. The van der Waals surface area contributed by atoms with Gasteiger partial charge in [-0.2, -0.15) is 0 Å². The summed E-state index contributed by atoms with van der Waals surface area (Å²) in [6.07, 6.45) is 0. The van der Waals surface area contributed by atoms with Crippen molar-refractivity contribution in [1.29, 1.82) is 0 Å². The van der Waals surface area contributed by atoms with E-state index < -0.39 is 17.5 Å². The molecule has 0 aliphatic carbocycles. The predicted molar refractivity (Wildman–Crippen MR) is 79.0 cm³/mol. The molecule has 4 nitrogen and oxygen atoms in total. The molecule has 2 aromatic carbocycles. The van der Waals surface area contributed by atoms with E-state index in [1.165, 1.54) is 24.3 Å². The number of ether oxygens (including phenoxy) is 1. The Bertz CT molecular complexity index is 680. The van der Waals surface area contributed by atoms with Crippen LogP contribution in [0.25, 0.3) is 0 Å². The summed E-state index contributed by atoms with van der Waals surface area (Å²) < 4.78 is 32.1. The maximum absolute atomic E-state index is 13.5. The molecule has 0 bridgehead atoms. The quantitative estimate of drug-likeness (QED) is 0.825. The number of carbonyl (C=O) groups excluding carboxylic acids is 1. The Labute approximate surface area is 128 Å². The Kier molecular flexibility index (Phi) is 4.74. The molecule has 21 heavy (non-hydrogen) atoms. The molecule has 110 valence electrons. The Morgan fingerprint density at radius 3 is 2.62 bits per heavy atom. The second-order valence-corrected chi connectivity index (χ2v) is 5.06. The van der Waals surface area contributed by atoms with Crippen LogP contribution in [0.15, 0.2) is 40.9 Å². The van der Waals surface area contributed by atoms with E-state index in [1.54, 1.807) is 6.07 Å². The van der Waals surface area contributed by atoms with Gasteiger partial charge in [-0.25, -0.2) is 8.78 Å². The van der Waals surface area contributed by atoms with Gasteiger partial charge in [0.2, 0.25) is 0 Å². The number of nitrogens with two attached hydrogens (primary N) is 1. The highest BCUT2D eigenvalue weighted by atomic mass is 79.9. The monoisotopic (exact) mass is 356 g/mol. The summed E-state index contributed by atoms with van der Waals surface area (Å²) in [5.74, 6) is -1.69. The minimum atomic E-state index is -0.580. The van der Waals surface area contributed by atoms with Crippen LogP contribution in [0.2, 0.25) is 0 Å². The second kappa shape index (κ2) is 6.53. The molecule has 0 unspecified atom stereocenters. The summed E-state index contributed by atoms with van der Waals surface area (Å²) in [5.41, 5.74) is 5.64. The Morgan fingerprint density at radius 2 is 1.95 bits per heavy atom. The van der Waals surface area contributed by atoms with Crippen molar-refractivity contribution in [3.05, 3.63) is 52.5 Å². The lowest BCUT2D eigenvalue weighted by atomic mass is 10.2. The third kappa shape index (κ3) is 4.16. The highest BCUT2D eigenvalue weighted by Crippen LogP contribution is 2.21. The molecule has 0 aliphatic rings. The molecule has 0 aliphatic heterocycles. The Hall–Kier alpha value is -2.15. The fraction of sp³-hybridized carbons (Fsp3) is 0.0714. The van der Waals surface area contributed by atoms with Gasteiger partial charge in [-0.1, -0.05) is 15.9 Å². The van der Waals surface area contributed by atoms with Crippen LogP contribution in [0, 0.1) is 11.6 Å². The van der Waals surface area contributed by atoms with Gasteiger partial charge in [0.25, 0.3) is 5.91 Å².